The number of nitrogens with zero attached hydrogens (tertiary/aromatic N) is 5. The molecule has 1 amide bonds. The number of para-hydroxylation sites is 1. The van der Waals surface area contributed by atoms with Gasteiger partial charge in [0.1, 0.15) is 0 Å². The lowest BCUT2D eigenvalue weighted by molar-refractivity contribution is -0.130. The van der Waals surface area contributed by atoms with Gasteiger partial charge in [0.2, 0.25) is 5.91 Å². The molecule has 2 aliphatic heterocycles. The van der Waals surface area contributed by atoms with Gasteiger partial charge in [-0.05, 0) is 49.9 Å². The molecule has 0 aliphatic carbocycles. The summed E-state index contributed by atoms with van der Waals surface area (Å²) in [5.41, 5.74) is 2.15. The molecule has 31 heavy (non-hydrogen) atoms. The fourth-order valence-electron chi connectivity index (χ4n) is 4.82. The van der Waals surface area contributed by atoms with Crippen LogP contribution in [0.4, 0.5) is 11.6 Å². The Labute approximate surface area is 183 Å². The molecule has 4 heterocycles. The third kappa shape index (κ3) is 4.09. The van der Waals surface area contributed by atoms with E-state index in [9.17, 15) is 4.79 Å². The highest BCUT2D eigenvalue weighted by Gasteiger charge is 2.24. The first kappa shape index (κ1) is 19.8. The van der Waals surface area contributed by atoms with E-state index in [0.29, 0.717) is 25.6 Å². The van der Waals surface area contributed by atoms with Gasteiger partial charge in [0.25, 0.3) is 0 Å². The van der Waals surface area contributed by atoms with Gasteiger partial charge in [0, 0.05) is 55.9 Å². The van der Waals surface area contributed by atoms with Crippen molar-refractivity contribution >= 4 is 28.4 Å². The first-order valence-corrected chi connectivity index (χ1v) is 11.4. The van der Waals surface area contributed by atoms with Crippen LogP contribution in [0.25, 0.3) is 10.9 Å². The van der Waals surface area contributed by atoms with Crippen LogP contribution in [0, 0.1) is 0 Å². The van der Waals surface area contributed by atoms with Gasteiger partial charge in [-0.15, -0.1) is 10.2 Å². The van der Waals surface area contributed by atoms with E-state index in [1.807, 2.05) is 29.3 Å². The van der Waals surface area contributed by atoms with Crippen molar-refractivity contribution in [3.8, 4) is 0 Å². The third-order valence-corrected chi connectivity index (χ3v) is 6.71. The maximum atomic E-state index is 12.9. The number of fused-ring (bicyclic) bond motifs is 1. The number of piperidine rings is 1. The number of nitrogens with one attached hydrogen (secondary N) is 1. The molecular weight excluding hydrogens is 388 g/mol. The van der Waals surface area contributed by atoms with E-state index in [4.69, 9.17) is 0 Å². The van der Waals surface area contributed by atoms with Crippen LogP contribution in [0.5, 0.6) is 0 Å². The van der Waals surface area contributed by atoms with Crippen LogP contribution < -0.4 is 9.80 Å². The summed E-state index contributed by atoms with van der Waals surface area (Å²) >= 11 is 0. The first-order chi connectivity index (χ1) is 15.2. The van der Waals surface area contributed by atoms with Gasteiger partial charge in [-0.2, -0.15) is 0 Å². The number of carbonyl (C=O) groups excluding carboxylic acids is 1. The van der Waals surface area contributed by atoms with Crippen LogP contribution in [-0.4, -0.2) is 64.8 Å². The number of hydrogen-bond acceptors (Lipinski definition) is 5. The molecule has 7 heteroatoms. The Morgan fingerprint density at radius 1 is 1.00 bits per heavy atom. The number of hydrogen-bond donors (Lipinski definition) is 1. The van der Waals surface area contributed by atoms with E-state index in [0.717, 1.165) is 47.7 Å². The number of carbonyl (C=O) groups is 1. The van der Waals surface area contributed by atoms with Gasteiger partial charge < -0.3 is 19.7 Å². The molecule has 0 spiro atoms. The number of piperazine rings is 1. The van der Waals surface area contributed by atoms with Crippen molar-refractivity contribution < 1.29 is 4.79 Å². The zero-order chi connectivity index (χ0) is 21.2. The SMILES string of the molecule is CC1CCCCN1c1ccc(N2CCN(C(=O)Cc3c[nH]c4ccccc34)CC2)nn1. The van der Waals surface area contributed by atoms with Crippen molar-refractivity contribution in [2.75, 3.05) is 42.5 Å². The number of H-pyrrole nitrogens is 1. The third-order valence-electron chi connectivity index (χ3n) is 6.71. The van der Waals surface area contributed by atoms with Gasteiger partial charge in [-0.1, -0.05) is 18.2 Å². The maximum absolute atomic E-state index is 12.9. The van der Waals surface area contributed by atoms with Crippen molar-refractivity contribution in [3.05, 3.63) is 48.2 Å². The Bertz CT molecular complexity index is 1040. The lowest BCUT2D eigenvalue weighted by Gasteiger charge is -2.36. The van der Waals surface area contributed by atoms with Crippen molar-refractivity contribution in [1.82, 2.24) is 20.1 Å². The summed E-state index contributed by atoms with van der Waals surface area (Å²) in [5, 5.41) is 10.1. The minimum Gasteiger partial charge on any atom is -0.361 e. The Balaban J connectivity index is 1.18. The first-order valence-electron chi connectivity index (χ1n) is 11.4. The van der Waals surface area contributed by atoms with E-state index in [1.54, 1.807) is 0 Å². The second-order valence-corrected chi connectivity index (χ2v) is 8.69. The molecule has 1 aromatic carbocycles. The second kappa shape index (κ2) is 8.57. The number of benzene rings is 1. The molecule has 1 atom stereocenters. The molecule has 5 rings (SSSR count). The molecule has 1 unspecified atom stereocenters. The standard InChI is InChI=1S/C24H30N6O/c1-18-6-4-5-11-30(18)23-10-9-22(26-27-23)28-12-14-29(15-13-28)24(31)16-19-17-25-21-8-3-2-7-20(19)21/h2-3,7-10,17-18,25H,4-6,11-16H2,1H3. The van der Waals surface area contributed by atoms with E-state index in [1.165, 1.54) is 19.3 Å². The zero-order valence-corrected chi connectivity index (χ0v) is 18.1. The van der Waals surface area contributed by atoms with Gasteiger partial charge in [-0.25, -0.2) is 0 Å². The van der Waals surface area contributed by atoms with Crippen molar-refractivity contribution in [3.63, 3.8) is 0 Å². The molecule has 2 aliphatic rings. The quantitative estimate of drug-likeness (QED) is 0.705. The normalized spacial score (nSPS) is 19.8. The van der Waals surface area contributed by atoms with Gasteiger partial charge in [0.05, 0.1) is 6.42 Å². The highest BCUT2D eigenvalue weighted by Crippen LogP contribution is 2.24. The smallest absolute Gasteiger partial charge is 0.227 e. The van der Waals surface area contributed by atoms with Gasteiger partial charge in [0.15, 0.2) is 11.6 Å². The molecule has 0 bridgehead atoms. The highest BCUT2D eigenvalue weighted by atomic mass is 16.2. The Morgan fingerprint density at radius 2 is 1.77 bits per heavy atom. The van der Waals surface area contributed by atoms with E-state index in [-0.39, 0.29) is 5.91 Å². The summed E-state index contributed by atoms with van der Waals surface area (Å²) in [6, 6.07) is 12.8. The largest absolute Gasteiger partial charge is 0.361 e. The van der Waals surface area contributed by atoms with Crippen LogP contribution in [0.2, 0.25) is 0 Å². The Morgan fingerprint density at radius 3 is 2.55 bits per heavy atom. The maximum Gasteiger partial charge on any atom is 0.227 e. The zero-order valence-electron chi connectivity index (χ0n) is 18.1. The number of rotatable bonds is 4. The summed E-state index contributed by atoms with van der Waals surface area (Å²) in [4.78, 5) is 22.7. The molecule has 2 fully saturated rings. The monoisotopic (exact) mass is 418 g/mol. The predicted molar refractivity (Wildman–Crippen MR) is 123 cm³/mol. The molecule has 1 N–H and O–H groups in total. The van der Waals surface area contributed by atoms with E-state index < -0.39 is 0 Å². The molecule has 2 aromatic heterocycles. The fraction of sp³-hybridized carbons (Fsp3) is 0.458. The average Bonchev–Trinajstić information content (AvgIpc) is 3.22. The molecular formula is C24H30N6O. The van der Waals surface area contributed by atoms with Gasteiger partial charge >= 0.3 is 0 Å². The summed E-state index contributed by atoms with van der Waals surface area (Å²) in [7, 11) is 0. The Hall–Kier alpha value is -3.09. The predicted octanol–water partition coefficient (Wildman–Crippen LogP) is 3.23. The summed E-state index contributed by atoms with van der Waals surface area (Å²) < 4.78 is 0. The average molecular weight is 419 g/mol. The van der Waals surface area contributed by atoms with Crippen LogP contribution in [0.3, 0.4) is 0 Å². The minimum absolute atomic E-state index is 0.185. The highest BCUT2D eigenvalue weighted by molar-refractivity contribution is 5.89. The number of aromatic nitrogens is 3. The van der Waals surface area contributed by atoms with E-state index in [2.05, 4.69) is 50.1 Å². The molecule has 162 valence electrons. The summed E-state index contributed by atoms with van der Waals surface area (Å²) in [5.74, 6) is 2.06. The van der Waals surface area contributed by atoms with Crippen LogP contribution in [0.1, 0.15) is 31.7 Å². The van der Waals surface area contributed by atoms with Crippen LogP contribution in [0.15, 0.2) is 42.6 Å². The number of aromatic amines is 1. The summed E-state index contributed by atoms with van der Waals surface area (Å²) in [6.07, 6.45) is 6.14. The van der Waals surface area contributed by atoms with Crippen molar-refractivity contribution in [1.29, 1.82) is 0 Å². The molecule has 0 radical (unpaired) electrons. The van der Waals surface area contributed by atoms with Crippen molar-refractivity contribution in [2.45, 2.75) is 38.6 Å². The topological polar surface area (TPSA) is 68.4 Å². The van der Waals surface area contributed by atoms with Crippen LogP contribution >= 0.6 is 0 Å². The van der Waals surface area contributed by atoms with E-state index >= 15 is 0 Å². The Kier molecular flexibility index (Phi) is 5.49. The number of anilines is 2. The minimum atomic E-state index is 0.185. The summed E-state index contributed by atoms with van der Waals surface area (Å²) in [6.45, 7) is 6.33. The number of amides is 1. The van der Waals surface area contributed by atoms with Crippen molar-refractivity contribution in [2.24, 2.45) is 0 Å². The van der Waals surface area contributed by atoms with Crippen LogP contribution in [-0.2, 0) is 11.2 Å². The second-order valence-electron chi connectivity index (χ2n) is 8.69. The molecule has 0 saturated carbocycles. The van der Waals surface area contributed by atoms with Gasteiger partial charge in [-0.3, -0.25) is 4.79 Å². The molecule has 7 nitrogen and oxygen atoms in total. The lowest BCUT2D eigenvalue weighted by Crippen LogP contribution is -2.49. The molecule has 3 aromatic rings. The fourth-order valence-corrected chi connectivity index (χ4v) is 4.82. The lowest BCUT2D eigenvalue weighted by atomic mass is 10.0. The molecule has 2 saturated heterocycles.